The van der Waals surface area contributed by atoms with Gasteiger partial charge in [0.25, 0.3) is 0 Å². The maximum Gasteiger partial charge on any atom is 0.245 e. The quantitative estimate of drug-likeness (QED) is 0.280. The molecule has 0 spiro atoms. The Morgan fingerprint density at radius 2 is 1.39 bits per heavy atom. The van der Waals surface area contributed by atoms with Gasteiger partial charge < -0.3 is 10.2 Å². The molecule has 222 valence electrons. The lowest BCUT2D eigenvalue weighted by Crippen LogP contribution is -2.62. The summed E-state index contributed by atoms with van der Waals surface area (Å²) in [5.74, 6) is -1.34. The molecule has 1 aliphatic rings. The molecule has 2 heterocycles. The van der Waals surface area contributed by atoms with E-state index in [0.717, 1.165) is 16.7 Å². The molecule has 1 unspecified atom stereocenters. The van der Waals surface area contributed by atoms with Gasteiger partial charge in [0.15, 0.2) is 0 Å². The second-order valence-corrected chi connectivity index (χ2v) is 12.6. The van der Waals surface area contributed by atoms with Gasteiger partial charge in [-0.3, -0.25) is 14.6 Å². The highest BCUT2D eigenvalue weighted by Crippen LogP contribution is 2.31. The molecule has 4 aromatic carbocycles. The van der Waals surface area contributed by atoms with Crippen LogP contribution in [0, 0.1) is 0 Å². The van der Waals surface area contributed by atoms with Crippen molar-refractivity contribution in [1.82, 2.24) is 19.5 Å². The number of pyridine rings is 1. The number of carbonyl (C=O) groups is 2. The summed E-state index contributed by atoms with van der Waals surface area (Å²) in [6, 6.07) is 35.9. The van der Waals surface area contributed by atoms with Crippen molar-refractivity contribution < 1.29 is 18.0 Å². The zero-order chi connectivity index (χ0) is 30.5. The normalized spacial score (nSPS) is 15.8. The number of para-hydroxylation sites is 1. The Morgan fingerprint density at radius 3 is 2.05 bits per heavy atom. The minimum atomic E-state index is -4.04. The molecular weight excluding hydrogens is 572 g/mol. The molecule has 44 heavy (non-hydrogen) atoms. The van der Waals surface area contributed by atoms with Crippen LogP contribution < -0.4 is 5.32 Å². The number of nitrogens with zero attached hydrogens (tertiary/aromatic N) is 3. The number of hydrogen-bond donors (Lipinski definition) is 1. The van der Waals surface area contributed by atoms with Crippen molar-refractivity contribution in [2.24, 2.45) is 0 Å². The zero-order valence-corrected chi connectivity index (χ0v) is 24.8. The number of hydrogen-bond acceptors (Lipinski definition) is 5. The Bertz CT molecular complexity index is 1820. The second kappa shape index (κ2) is 12.8. The number of nitrogens with one attached hydrogen (secondary N) is 1. The number of rotatable bonds is 8. The maximum absolute atomic E-state index is 14.5. The van der Waals surface area contributed by atoms with Gasteiger partial charge in [-0.15, -0.1) is 0 Å². The molecule has 0 saturated carbocycles. The van der Waals surface area contributed by atoms with Crippen LogP contribution in [-0.4, -0.2) is 60.1 Å². The van der Waals surface area contributed by atoms with Crippen LogP contribution in [0.5, 0.6) is 0 Å². The van der Waals surface area contributed by atoms with E-state index in [-0.39, 0.29) is 37.0 Å². The predicted molar refractivity (Wildman–Crippen MR) is 169 cm³/mol. The van der Waals surface area contributed by atoms with Gasteiger partial charge in [-0.25, -0.2) is 8.42 Å². The lowest BCUT2D eigenvalue weighted by atomic mass is 9.89. The van der Waals surface area contributed by atoms with E-state index in [0.29, 0.717) is 10.9 Å². The van der Waals surface area contributed by atoms with Crippen LogP contribution in [0.15, 0.2) is 132 Å². The fraction of sp³-hybridized carbons (Fsp3) is 0.171. The molecule has 1 aromatic heterocycles. The van der Waals surface area contributed by atoms with Gasteiger partial charge in [0.05, 0.1) is 11.4 Å². The highest BCUT2D eigenvalue weighted by molar-refractivity contribution is 7.89. The van der Waals surface area contributed by atoms with Crippen molar-refractivity contribution >= 4 is 32.7 Å². The Hall–Kier alpha value is -4.86. The highest BCUT2D eigenvalue weighted by Gasteiger charge is 2.42. The molecule has 1 saturated heterocycles. The third kappa shape index (κ3) is 5.97. The molecule has 0 aliphatic carbocycles. The molecule has 1 N–H and O–H groups in total. The largest absolute Gasteiger partial charge is 0.350 e. The number of piperazine rings is 1. The number of benzene rings is 4. The summed E-state index contributed by atoms with van der Waals surface area (Å²) in [5.41, 5.74) is 2.85. The molecule has 0 bridgehead atoms. The first-order valence-corrected chi connectivity index (χ1v) is 15.9. The topological polar surface area (TPSA) is 99.7 Å². The molecule has 8 nitrogen and oxygen atoms in total. The molecular formula is C35H32N4O4S. The SMILES string of the molecule is O=C(NCc1ccccc1)C1CN(S(=O)(=O)c2cccc3cccnc23)CCN1C(=O)C(c1ccccc1)c1ccccc1. The fourth-order valence-corrected chi connectivity index (χ4v) is 7.33. The van der Waals surface area contributed by atoms with Crippen molar-refractivity contribution in [2.45, 2.75) is 23.4 Å². The third-order valence-electron chi connectivity index (χ3n) is 7.96. The number of sulfonamides is 1. The van der Waals surface area contributed by atoms with Gasteiger partial charge in [0.1, 0.15) is 10.9 Å². The van der Waals surface area contributed by atoms with E-state index in [9.17, 15) is 18.0 Å². The summed E-state index contributed by atoms with van der Waals surface area (Å²) in [7, 11) is -4.04. The lowest BCUT2D eigenvalue weighted by molar-refractivity contribution is -0.143. The first-order valence-electron chi connectivity index (χ1n) is 14.5. The van der Waals surface area contributed by atoms with E-state index in [1.54, 1.807) is 23.2 Å². The Kier molecular flexibility index (Phi) is 8.49. The van der Waals surface area contributed by atoms with Crippen LogP contribution in [0.3, 0.4) is 0 Å². The van der Waals surface area contributed by atoms with Gasteiger partial charge in [-0.05, 0) is 28.8 Å². The van der Waals surface area contributed by atoms with Crippen molar-refractivity contribution in [1.29, 1.82) is 0 Å². The fourth-order valence-electron chi connectivity index (χ4n) is 5.73. The van der Waals surface area contributed by atoms with Crippen LogP contribution >= 0.6 is 0 Å². The summed E-state index contributed by atoms with van der Waals surface area (Å²) in [5, 5.41) is 3.65. The van der Waals surface area contributed by atoms with E-state index in [2.05, 4.69) is 10.3 Å². The molecule has 6 rings (SSSR count). The van der Waals surface area contributed by atoms with Crippen LogP contribution in [-0.2, 0) is 26.2 Å². The minimum absolute atomic E-state index is 0.0378. The number of amides is 2. The van der Waals surface area contributed by atoms with Crippen molar-refractivity contribution in [3.8, 4) is 0 Å². The number of carbonyl (C=O) groups excluding carboxylic acids is 2. The van der Waals surface area contributed by atoms with Gasteiger partial charge in [-0.1, -0.05) is 109 Å². The van der Waals surface area contributed by atoms with E-state index in [4.69, 9.17) is 0 Å². The molecule has 1 fully saturated rings. The molecule has 9 heteroatoms. The van der Waals surface area contributed by atoms with Crippen LogP contribution in [0.1, 0.15) is 22.6 Å². The number of fused-ring (bicyclic) bond motifs is 1. The average molecular weight is 605 g/mol. The Morgan fingerprint density at radius 1 is 0.773 bits per heavy atom. The third-order valence-corrected chi connectivity index (χ3v) is 9.86. The van der Waals surface area contributed by atoms with Crippen LogP contribution in [0.25, 0.3) is 10.9 Å². The van der Waals surface area contributed by atoms with Crippen molar-refractivity contribution in [3.05, 3.63) is 144 Å². The van der Waals surface area contributed by atoms with Gasteiger partial charge in [0.2, 0.25) is 21.8 Å². The molecule has 1 aliphatic heterocycles. The van der Waals surface area contributed by atoms with Crippen LogP contribution in [0.2, 0.25) is 0 Å². The predicted octanol–water partition coefficient (Wildman–Crippen LogP) is 4.58. The second-order valence-electron chi connectivity index (χ2n) is 10.7. The molecule has 1 atom stereocenters. The molecule has 0 radical (unpaired) electrons. The summed E-state index contributed by atoms with van der Waals surface area (Å²) in [6.07, 6.45) is 1.56. The monoisotopic (exact) mass is 604 g/mol. The maximum atomic E-state index is 14.5. The average Bonchev–Trinajstić information content (AvgIpc) is 3.08. The van der Waals surface area contributed by atoms with E-state index in [1.165, 1.54) is 10.4 Å². The lowest BCUT2D eigenvalue weighted by Gasteiger charge is -2.41. The van der Waals surface area contributed by atoms with E-state index in [1.807, 2.05) is 103 Å². The standard InChI is InChI=1S/C35H32N4O4S/c40-34(37-24-26-12-4-1-5-13-26)30-25-38(44(42,43)31-20-10-18-29-19-11-21-36-33(29)31)22-23-39(30)35(41)32(27-14-6-2-7-15-27)28-16-8-3-9-17-28/h1-21,30,32H,22-25H2,(H,37,40). The van der Waals surface area contributed by atoms with Gasteiger partial charge in [0, 0.05) is 37.8 Å². The van der Waals surface area contributed by atoms with Gasteiger partial charge >= 0.3 is 0 Å². The molecule has 5 aromatic rings. The first kappa shape index (κ1) is 29.2. The summed E-state index contributed by atoms with van der Waals surface area (Å²) < 4.78 is 29.4. The summed E-state index contributed by atoms with van der Waals surface area (Å²) >= 11 is 0. The Balaban J connectivity index is 1.35. The van der Waals surface area contributed by atoms with E-state index >= 15 is 0 Å². The zero-order valence-electron chi connectivity index (χ0n) is 24.0. The number of aromatic nitrogens is 1. The van der Waals surface area contributed by atoms with Crippen molar-refractivity contribution in [2.75, 3.05) is 19.6 Å². The Labute approximate surface area is 257 Å². The molecule has 2 amide bonds. The summed E-state index contributed by atoms with van der Waals surface area (Å²) in [6.45, 7) is 0.152. The minimum Gasteiger partial charge on any atom is -0.350 e. The smallest absolute Gasteiger partial charge is 0.245 e. The highest BCUT2D eigenvalue weighted by atomic mass is 32.2. The van der Waals surface area contributed by atoms with Crippen LogP contribution in [0.4, 0.5) is 0 Å². The van der Waals surface area contributed by atoms with E-state index < -0.39 is 27.9 Å². The first-order chi connectivity index (χ1) is 21.4. The summed E-state index contributed by atoms with van der Waals surface area (Å²) in [4.78, 5) is 34.3. The van der Waals surface area contributed by atoms with Crippen molar-refractivity contribution in [3.63, 3.8) is 0 Å². The van der Waals surface area contributed by atoms with Gasteiger partial charge in [-0.2, -0.15) is 4.31 Å².